The van der Waals surface area contributed by atoms with Gasteiger partial charge in [0, 0.05) is 30.0 Å². The Kier molecular flexibility index (Phi) is 2.75. The molecule has 0 spiro atoms. The van der Waals surface area contributed by atoms with Crippen molar-refractivity contribution in [3.05, 3.63) is 48.4 Å². The highest BCUT2D eigenvalue weighted by molar-refractivity contribution is 6.17. The van der Waals surface area contributed by atoms with E-state index in [9.17, 15) is 0 Å². The molecule has 0 radical (unpaired) electrons. The third-order valence-electron chi connectivity index (χ3n) is 1.96. The Balaban J connectivity index is 2.34. The number of hydrogen-bond donors (Lipinski definition) is 0. The number of alkyl halides is 1. The predicted molar refractivity (Wildman–Crippen MR) is 57.0 cm³/mol. The van der Waals surface area contributed by atoms with Crippen molar-refractivity contribution in [3.8, 4) is 11.3 Å². The molecule has 0 saturated carbocycles. The van der Waals surface area contributed by atoms with Crippen molar-refractivity contribution >= 4 is 11.6 Å². The van der Waals surface area contributed by atoms with Crippen LogP contribution >= 0.6 is 11.6 Å². The summed E-state index contributed by atoms with van der Waals surface area (Å²) in [6.45, 7) is 0. The summed E-state index contributed by atoms with van der Waals surface area (Å²) in [4.78, 5) is 8.26. The molecule has 0 aliphatic rings. The van der Waals surface area contributed by atoms with Crippen LogP contribution in [0.15, 0.2) is 42.9 Å². The Labute approximate surface area is 87.6 Å². The van der Waals surface area contributed by atoms with Gasteiger partial charge >= 0.3 is 0 Å². The first-order valence-electron chi connectivity index (χ1n) is 4.31. The lowest BCUT2D eigenvalue weighted by atomic mass is 10.1. The molecule has 2 rings (SSSR count). The van der Waals surface area contributed by atoms with E-state index in [2.05, 4.69) is 9.97 Å². The van der Waals surface area contributed by atoms with Crippen molar-refractivity contribution < 1.29 is 0 Å². The predicted octanol–water partition coefficient (Wildman–Crippen LogP) is 2.88. The molecular formula is C11H9ClN2. The summed E-state index contributed by atoms with van der Waals surface area (Å²) >= 11 is 5.68. The van der Waals surface area contributed by atoms with E-state index in [4.69, 9.17) is 11.6 Å². The minimum Gasteiger partial charge on any atom is -0.265 e. The van der Waals surface area contributed by atoms with Gasteiger partial charge in [-0.3, -0.25) is 9.97 Å². The Morgan fingerprint density at radius 1 is 1.07 bits per heavy atom. The first kappa shape index (κ1) is 9.16. The van der Waals surface area contributed by atoms with Crippen LogP contribution in [0.1, 0.15) is 5.56 Å². The van der Waals surface area contributed by atoms with E-state index in [0.717, 1.165) is 16.8 Å². The summed E-state index contributed by atoms with van der Waals surface area (Å²) in [5.74, 6) is 0.504. The number of halogens is 1. The molecule has 0 unspecified atom stereocenters. The summed E-state index contributed by atoms with van der Waals surface area (Å²) in [6.07, 6.45) is 5.31. The molecule has 0 N–H and O–H groups in total. The van der Waals surface area contributed by atoms with Gasteiger partial charge < -0.3 is 0 Å². The normalized spacial score (nSPS) is 10.1. The van der Waals surface area contributed by atoms with Gasteiger partial charge in [-0.25, -0.2) is 0 Å². The quantitative estimate of drug-likeness (QED) is 0.703. The highest BCUT2D eigenvalue weighted by Crippen LogP contribution is 2.15. The van der Waals surface area contributed by atoms with Crippen molar-refractivity contribution in [3.63, 3.8) is 0 Å². The van der Waals surface area contributed by atoms with Gasteiger partial charge in [-0.05, 0) is 23.8 Å². The average molecular weight is 205 g/mol. The largest absolute Gasteiger partial charge is 0.265 e. The fraction of sp³-hybridized carbons (Fsp3) is 0.0909. The molecule has 70 valence electrons. The SMILES string of the molecule is ClCc1ccc(-c2ccncc2)nc1. The molecule has 14 heavy (non-hydrogen) atoms. The second kappa shape index (κ2) is 4.20. The summed E-state index contributed by atoms with van der Waals surface area (Å²) < 4.78 is 0. The van der Waals surface area contributed by atoms with Gasteiger partial charge in [-0.2, -0.15) is 0 Å². The van der Waals surface area contributed by atoms with E-state index in [1.165, 1.54) is 0 Å². The maximum Gasteiger partial charge on any atom is 0.0703 e. The van der Waals surface area contributed by atoms with Crippen LogP contribution < -0.4 is 0 Å². The molecule has 0 aromatic carbocycles. The third-order valence-corrected chi connectivity index (χ3v) is 2.26. The van der Waals surface area contributed by atoms with E-state index in [1.807, 2.05) is 24.3 Å². The van der Waals surface area contributed by atoms with Gasteiger partial charge in [0.1, 0.15) is 0 Å². The first-order chi connectivity index (χ1) is 6.90. The standard InChI is InChI=1S/C11H9ClN2/c12-7-9-1-2-11(14-8-9)10-3-5-13-6-4-10/h1-6,8H,7H2. The van der Waals surface area contributed by atoms with Crippen LogP contribution in [-0.4, -0.2) is 9.97 Å². The molecule has 2 aromatic heterocycles. The van der Waals surface area contributed by atoms with Crippen LogP contribution in [0.5, 0.6) is 0 Å². The fourth-order valence-corrected chi connectivity index (χ4v) is 1.36. The number of rotatable bonds is 2. The van der Waals surface area contributed by atoms with Crippen molar-refractivity contribution in [1.29, 1.82) is 0 Å². The zero-order chi connectivity index (χ0) is 9.80. The van der Waals surface area contributed by atoms with Crippen molar-refractivity contribution in [2.45, 2.75) is 5.88 Å². The van der Waals surface area contributed by atoms with Crippen LogP contribution in [0.25, 0.3) is 11.3 Å². The van der Waals surface area contributed by atoms with Crippen LogP contribution in [-0.2, 0) is 5.88 Å². The van der Waals surface area contributed by atoms with E-state index in [1.54, 1.807) is 18.6 Å². The molecule has 0 aliphatic heterocycles. The molecule has 0 atom stereocenters. The van der Waals surface area contributed by atoms with Crippen LogP contribution in [0.2, 0.25) is 0 Å². The molecule has 2 heterocycles. The molecule has 2 nitrogen and oxygen atoms in total. The number of nitrogens with zero attached hydrogens (tertiary/aromatic N) is 2. The monoisotopic (exact) mass is 204 g/mol. The van der Waals surface area contributed by atoms with Crippen molar-refractivity contribution in [2.24, 2.45) is 0 Å². The van der Waals surface area contributed by atoms with Gasteiger partial charge in [0.15, 0.2) is 0 Å². The highest BCUT2D eigenvalue weighted by atomic mass is 35.5. The zero-order valence-corrected chi connectivity index (χ0v) is 8.28. The summed E-state index contributed by atoms with van der Waals surface area (Å²) in [7, 11) is 0. The lowest BCUT2D eigenvalue weighted by Gasteiger charge is -2.00. The maximum absolute atomic E-state index is 5.68. The Bertz CT molecular complexity index is 397. The van der Waals surface area contributed by atoms with Crippen molar-refractivity contribution in [2.75, 3.05) is 0 Å². The smallest absolute Gasteiger partial charge is 0.0703 e. The van der Waals surface area contributed by atoms with E-state index < -0.39 is 0 Å². The van der Waals surface area contributed by atoms with E-state index >= 15 is 0 Å². The summed E-state index contributed by atoms with van der Waals surface area (Å²) in [6, 6.07) is 7.81. The summed E-state index contributed by atoms with van der Waals surface area (Å²) in [5, 5.41) is 0. The van der Waals surface area contributed by atoms with Crippen LogP contribution in [0, 0.1) is 0 Å². The van der Waals surface area contributed by atoms with Gasteiger partial charge in [0.2, 0.25) is 0 Å². The van der Waals surface area contributed by atoms with Crippen LogP contribution in [0.3, 0.4) is 0 Å². The van der Waals surface area contributed by atoms with Gasteiger partial charge in [-0.15, -0.1) is 11.6 Å². The first-order valence-corrected chi connectivity index (χ1v) is 4.85. The van der Waals surface area contributed by atoms with Crippen molar-refractivity contribution in [1.82, 2.24) is 9.97 Å². The van der Waals surface area contributed by atoms with Gasteiger partial charge in [-0.1, -0.05) is 6.07 Å². The molecule has 3 heteroatoms. The summed E-state index contributed by atoms with van der Waals surface area (Å²) in [5.41, 5.74) is 3.05. The van der Waals surface area contributed by atoms with E-state index in [-0.39, 0.29) is 0 Å². The molecular weight excluding hydrogens is 196 g/mol. The topological polar surface area (TPSA) is 25.8 Å². The number of aromatic nitrogens is 2. The minimum atomic E-state index is 0.504. The van der Waals surface area contributed by atoms with Crippen LogP contribution in [0.4, 0.5) is 0 Å². The number of pyridine rings is 2. The molecule has 0 aliphatic carbocycles. The fourth-order valence-electron chi connectivity index (χ4n) is 1.20. The number of hydrogen-bond acceptors (Lipinski definition) is 2. The maximum atomic E-state index is 5.68. The Morgan fingerprint density at radius 2 is 1.86 bits per heavy atom. The molecule has 0 fully saturated rings. The minimum absolute atomic E-state index is 0.504. The van der Waals surface area contributed by atoms with E-state index in [0.29, 0.717) is 5.88 Å². The highest BCUT2D eigenvalue weighted by Gasteiger charge is 1.97. The average Bonchev–Trinajstić information content (AvgIpc) is 2.30. The molecule has 2 aromatic rings. The molecule has 0 amide bonds. The lowest BCUT2D eigenvalue weighted by molar-refractivity contribution is 1.24. The second-order valence-electron chi connectivity index (χ2n) is 2.92. The lowest BCUT2D eigenvalue weighted by Crippen LogP contribution is -1.85. The Hall–Kier alpha value is -1.41. The molecule has 0 saturated heterocycles. The Morgan fingerprint density at radius 3 is 2.43 bits per heavy atom. The third kappa shape index (κ3) is 1.91. The van der Waals surface area contributed by atoms with Gasteiger partial charge in [0.05, 0.1) is 5.69 Å². The zero-order valence-electron chi connectivity index (χ0n) is 7.52. The van der Waals surface area contributed by atoms with Gasteiger partial charge in [0.25, 0.3) is 0 Å². The molecule has 0 bridgehead atoms. The second-order valence-corrected chi connectivity index (χ2v) is 3.19.